The zero-order valence-electron chi connectivity index (χ0n) is 15.2. The normalized spacial score (nSPS) is 36.1. The molecular formula is C18H37N3. The molecule has 1 N–H and O–H groups in total. The second-order valence-corrected chi connectivity index (χ2v) is 8.56. The van der Waals surface area contributed by atoms with Crippen LogP contribution in [-0.4, -0.2) is 62.2 Å². The third-order valence-corrected chi connectivity index (χ3v) is 6.11. The van der Waals surface area contributed by atoms with Crippen LogP contribution in [0.1, 0.15) is 52.9 Å². The van der Waals surface area contributed by atoms with Gasteiger partial charge in [0.1, 0.15) is 0 Å². The largest absolute Gasteiger partial charge is 0.315 e. The maximum atomic E-state index is 3.60. The van der Waals surface area contributed by atoms with Crippen LogP contribution in [0.5, 0.6) is 0 Å². The molecule has 0 radical (unpaired) electrons. The van der Waals surface area contributed by atoms with E-state index in [9.17, 15) is 0 Å². The maximum Gasteiger partial charge on any atom is 0.0252 e. The Morgan fingerprint density at radius 1 is 1.14 bits per heavy atom. The Balaban J connectivity index is 2.05. The molecule has 1 aliphatic heterocycles. The lowest BCUT2D eigenvalue weighted by molar-refractivity contribution is 0.0296. The molecule has 0 aromatic heterocycles. The summed E-state index contributed by atoms with van der Waals surface area (Å²) in [6.07, 6.45) is 6.78. The Hall–Kier alpha value is -0.120. The number of likely N-dealkylation sites (N-methyl/N-ethyl adjacent to an activating group) is 3. The molecule has 3 heteroatoms. The van der Waals surface area contributed by atoms with Crippen LogP contribution in [0, 0.1) is 11.3 Å². The van der Waals surface area contributed by atoms with Crippen molar-refractivity contribution in [3.05, 3.63) is 0 Å². The minimum Gasteiger partial charge on any atom is -0.315 e. The Kier molecular flexibility index (Phi) is 5.72. The summed E-state index contributed by atoms with van der Waals surface area (Å²) in [5.41, 5.74) is 0.446. The van der Waals surface area contributed by atoms with E-state index in [0.29, 0.717) is 17.5 Å². The van der Waals surface area contributed by atoms with Crippen molar-refractivity contribution in [2.75, 3.05) is 34.2 Å². The summed E-state index contributed by atoms with van der Waals surface area (Å²) in [6, 6.07) is 2.11. The predicted molar refractivity (Wildman–Crippen MR) is 91.7 cm³/mol. The van der Waals surface area contributed by atoms with Crippen molar-refractivity contribution < 1.29 is 0 Å². The molecule has 1 saturated heterocycles. The zero-order valence-corrected chi connectivity index (χ0v) is 15.2. The second-order valence-electron chi connectivity index (χ2n) is 8.56. The summed E-state index contributed by atoms with van der Waals surface area (Å²) in [5.74, 6) is 0.857. The molecule has 0 amide bonds. The Morgan fingerprint density at radius 3 is 2.43 bits per heavy atom. The smallest absolute Gasteiger partial charge is 0.0252 e. The highest BCUT2D eigenvalue weighted by Crippen LogP contribution is 2.39. The van der Waals surface area contributed by atoms with Crippen LogP contribution in [0.15, 0.2) is 0 Å². The van der Waals surface area contributed by atoms with Crippen molar-refractivity contribution in [3.63, 3.8) is 0 Å². The lowest BCUT2D eigenvalue weighted by Crippen LogP contribution is -2.57. The number of hydrogen-bond acceptors (Lipinski definition) is 3. The van der Waals surface area contributed by atoms with E-state index in [0.717, 1.165) is 12.0 Å². The van der Waals surface area contributed by atoms with Crippen LogP contribution in [-0.2, 0) is 0 Å². The van der Waals surface area contributed by atoms with E-state index < -0.39 is 0 Å². The van der Waals surface area contributed by atoms with Crippen molar-refractivity contribution in [3.8, 4) is 0 Å². The second kappa shape index (κ2) is 6.97. The van der Waals surface area contributed by atoms with E-state index in [1.54, 1.807) is 0 Å². The lowest BCUT2D eigenvalue weighted by Gasteiger charge is -2.48. The first-order chi connectivity index (χ1) is 9.82. The van der Waals surface area contributed by atoms with Gasteiger partial charge in [-0.1, -0.05) is 20.8 Å². The van der Waals surface area contributed by atoms with Crippen molar-refractivity contribution >= 4 is 0 Å². The van der Waals surface area contributed by atoms with Crippen LogP contribution in [0.2, 0.25) is 0 Å². The van der Waals surface area contributed by atoms with E-state index in [-0.39, 0.29) is 0 Å². The Labute approximate surface area is 132 Å². The fraction of sp³-hybridized carbons (Fsp3) is 1.00. The van der Waals surface area contributed by atoms with Crippen LogP contribution in [0.3, 0.4) is 0 Å². The van der Waals surface area contributed by atoms with Crippen LogP contribution in [0.4, 0.5) is 0 Å². The molecule has 0 aromatic rings. The molecule has 2 aliphatic rings. The third kappa shape index (κ3) is 4.20. The molecule has 4 unspecified atom stereocenters. The van der Waals surface area contributed by atoms with Crippen molar-refractivity contribution in [1.29, 1.82) is 0 Å². The standard InChI is InChI=1S/C18H37N3/c1-18(2,3)14-9-10-16(19-4)17(12-14)21(6)15-8-7-11-20(5)13-15/h14-17,19H,7-13H2,1-6H3. The van der Waals surface area contributed by atoms with Gasteiger partial charge in [-0.05, 0) is 71.1 Å². The third-order valence-electron chi connectivity index (χ3n) is 6.11. The molecule has 124 valence electrons. The van der Waals surface area contributed by atoms with Gasteiger partial charge in [0.15, 0.2) is 0 Å². The van der Waals surface area contributed by atoms with Crippen LogP contribution in [0.25, 0.3) is 0 Å². The van der Waals surface area contributed by atoms with E-state index >= 15 is 0 Å². The van der Waals surface area contributed by atoms with Crippen LogP contribution >= 0.6 is 0 Å². The molecule has 0 bridgehead atoms. The first-order valence-electron chi connectivity index (χ1n) is 8.90. The minimum atomic E-state index is 0.446. The van der Waals surface area contributed by atoms with E-state index in [1.165, 1.54) is 45.2 Å². The summed E-state index contributed by atoms with van der Waals surface area (Å²) < 4.78 is 0. The maximum absolute atomic E-state index is 3.60. The fourth-order valence-electron chi connectivity index (χ4n) is 4.46. The molecule has 1 heterocycles. The molecule has 21 heavy (non-hydrogen) atoms. The summed E-state index contributed by atoms with van der Waals surface area (Å²) in [4.78, 5) is 5.22. The topological polar surface area (TPSA) is 18.5 Å². The summed E-state index contributed by atoms with van der Waals surface area (Å²) >= 11 is 0. The molecular weight excluding hydrogens is 258 g/mol. The van der Waals surface area contributed by atoms with E-state index in [2.05, 4.69) is 57.0 Å². The molecule has 1 saturated carbocycles. The van der Waals surface area contributed by atoms with Crippen molar-refractivity contribution in [2.24, 2.45) is 11.3 Å². The lowest BCUT2D eigenvalue weighted by atomic mass is 9.69. The average molecular weight is 296 g/mol. The van der Waals surface area contributed by atoms with Gasteiger partial charge in [-0.15, -0.1) is 0 Å². The van der Waals surface area contributed by atoms with Gasteiger partial charge in [-0.2, -0.15) is 0 Å². The first-order valence-corrected chi connectivity index (χ1v) is 8.90. The van der Waals surface area contributed by atoms with Gasteiger partial charge in [-0.3, -0.25) is 4.90 Å². The van der Waals surface area contributed by atoms with E-state index in [4.69, 9.17) is 0 Å². The minimum absolute atomic E-state index is 0.446. The molecule has 2 fully saturated rings. The molecule has 3 nitrogen and oxygen atoms in total. The van der Waals surface area contributed by atoms with Crippen molar-refractivity contribution in [2.45, 2.75) is 71.0 Å². The highest BCUT2D eigenvalue weighted by atomic mass is 15.2. The Morgan fingerprint density at radius 2 is 1.86 bits per heavy atom. The van der Waals surface area contributed by atoms with Gasteiger partial charge in [0.05, 0.1) is 0 Å². The molecule has 2 rings (SSSR count). The molecule has 0 spiro atoms. The predicted octanol–water partition coefficient (Wildman–Crippen LogP) is 2.82. The van der Waals surface area contributed by atoms with Gasteiger partial charge in [0.2, 0.25) is 0 Å². The number of nitrogens with zero attached hydrogens (tertiary/aromatic N) is 2. The molecule has 0 aromatic carbocycles. The average Bonchev–Trinajstić information content (AvgIpc) is 2.44. The number of likely N-dealkylation sites (tertiary alicyclic amines) is 1. The number of piperidine rings is 1. The summed E-state index contributed by atoms with van der Waals surface area (Å²) in [6.45, 7) is 9.77. The van der Waals surface area contributed by atoms with E-state index in [1.807, 2.05) is 0 Å². The fourth-order valence-corrected chi connectivity index (χ4v) is 4.46. The van der Waals surface area contributed by atoms with Gasteiger partial charge in [-0.25, -0.2) is 0 Å². The highest BCUT2D eigenvalue weighted by molar-refractivity contribution is 4.95. The number of rotatable bonds is 3. The van der Waals surface area contributed by atoms with Crippen molar-refractivity contribution in [1.82, 2.24) is 15.1 Å². The van der Waals surface area contributed by atoms with Gasteiger partial charge in [0, 0.05) is 24.7 Å². The van der Waals surface area contributed by atoms with Crippen LogP contribution < -0.4 is 5.32 Å². The molecule has 1 aliphatic carbocycles. The monoisotopic (exact) mass is 295 g/mol. The SMILES string of the molecule is CNC1CCC(C(C)(C)C)CC1N(C)C1CCCN(C)C1. The Bertz CT molecular complexity index is 323. The number of nitrogens with one attached hydrogen (secondary N) is 1. The molecule has 4 atom stereocenters. The summed E-state index contributed by atoms with van der Waals surface area (Å²) in [5, 5.41) is 3.60. The highest BCUT2D eigenvalue weighted by Gasteiger charge is 2.39. The number of hydrogen-bond donors (Lipinski definition) is 1. The van der Waals surface area contributed by atoms with Gasteiger partial charge in [0.25, 0.3) is 0 Å². The quantitative estimate of drug-likeness (QED) is 0.864. The summed E-state index contributed by atoms with van der Waals surface area (Å²) in [7, 11) is 6.80. The van der Waals surface area contributed by atoms with Gasteiger partial charge >= 0.3 is 0 Å². The van der Waals surface area contributed by atoms with Gasteiger partial charge < -0.3 is 10.2 Å². The zero-order chi connectivity index (χ0) is 15.6. The first kappa shape index (κ1) is 17.2.